The molecule has 1 unspecified atom stereocenters. The van der Waals surface area contributed by atoms with Crippen LogP contribution in [0.5, 0.6) is 0 Å². The van der Waals surface area contributed by atoms with Crippen LogP contribution in [0.25, 0.3) is 0 Å². The first-order valence-electron chi connectivity index (χ1n) is 5.61. The molecule has 0 aromatic heterocycles. The number of carbonyl (C=O) groups excluding carboxylic acids is 1. The highest BCUT2D eigenvalue weighted by Crippen LogP contribution is 2.20. The molecule has 0 aliphatic heterocycles. The van der Waals surface area contributed by atoms with E-state index < -0.39 is 6.10 Å². The standard InChI is InChI=1S/C11H20O4/c1-9(12)14-7-10(13)8-15-11-5-3-2-4-6-11/h10-11,13H,2-8H2,1H3. The largest absolute Gasteiger partial charge is 0.463 e. The Bertz CT molecular complexity index is 187. The molecule has 88 valence electrons. The van der Waals surface area contributed by atoms with Gasteiger partial charge in [-0.15, -0.1) is 0 Å². The molecule has 1 aliphatic carbocycles. The first-order valence-corrected chi connectivity index (χ1v) is 5.61. The van der Waals surface area contributed by atoms with E-state index in [1.807, 2.05) is 0 Å². The first kappa shape index (κ1) is 12.5. The molecule has 15 heavy (non-hydrogen) atoms. The highest BCUT2D eigenvalue weighted by molar-refractivity contribution is 5.65. The predicted molar refractivity (Wildman–Crippen MR) is 55.5 cm³/mol. The second kappa shape index (κ2) is 6.80. The van der Waals surface area contributed by atoms with E-state index in [2.05, 4.69) is 4.74 Å². The van der Waals surface area contributed by atoms with Crippen LogP contribution < -0.4 is 0 Å². The third-order valence-electron chi connectivity index (χ3n) is 2.56. The van der Waals surface area contributed by atoms with Gasteiger partial charge in [0.1, 0.15) is 12.7 Å². The first-order chi connectivity index (χ1) is 7.18. The molecule has 1 saturated carbocycles. The maximum absolute atomic E-state index is 10.5. The summed E-state index contributed by atoms with van der Waals surface area (Å²) < 4.78 is 10.2. The van der Waals surface area contributed by atoms with Gasteiger partial charge in [-0.3, -0.25) is 4.79 Å². The average molecular weight is 216 g/mol. The fourth-order valence-electron chi connectivity index (χ4n) is 1.74. The Morgan fingerprint density at radius 3 is 2.60 bits per heavy atom. The summed E-state index contributed by atoms with van der Waals surface area (Å²) in [6.07, 6.45) is 5.47. The molecular weight excluding hydrogens is 196 g/mol. The molecule has 4 nitrogen and oxygen atoms in total. The van der Waals surface area contributed by atoms with E-state index in [9.17, 15) is 9.90 Å². The monoisotopic (exact) mass is 216 g/mol. The molecule has 0 aromatic rings. The zero-order chi connectivity index (χ0) is 11.1. The molecule has 1 N–H and O–H groups in total. The summed E-state index contributed by atoms with van der Waals surface area (Å²) in [4.78, 5) is 10.5. The van der Waals surface area contributed by atoms with E-state index in [0.717, 1.165) is 12.8 Å². The van der Waals surface area contributed by atoms with Crippen molar-refractivity contribution in [2.24, 2.45) is 0 Å². The molecule has 0 bridgehead atoms. The van der Waals surface area contributed by atoms with E-state index in [1.165, 1.54) is 26.2 Å². The summed E-state index contributed by atoms with van der Waals surface area (Å²) in [6.45, 7) is 1.62. The Morgan fingerprint density at radius 1 is 1.33 bits per heavy atom. The third kappa shape index (κ3) is 5.74. The van der Waals surface area contributed by atoms with Gasteiger partial charge in [0, 0.05) is 6.92 Å². The number of hydrogen-bond acceptors (Lipinski definition) is 4. The van der Waals surface area contributed by atoms with Gasteiger partial charge in [0.2, 0.25) is 0 Å². The lowest BCUT2D eigenvalue weighted by atomic mass is 9.98. The van der Waals surface area contributed by atoms with E-state index in [4.69, 9.17) is 4.74 Å². The number of esters is 1. The van der Waals surface area contributed by atoms with Crippen LogP contribution in [0.4, 0.5) is 0 Å². The molecule has 0 amide bonds. The van der Waals surface area contributed by atoms with Crippen molar-refractivity contribution >= 4 is 5.97 Å². The minimum atomic E-state index is -0.698. The van der Waals surface area contributed by atoms with Gasteiger partial charge in [0.15, 0.2) is 0 Å². The van der Waals surface area contributed by atoms with Gasteiger partial charge >= 0.3 is 5.97 Å². The SMILES string of the molecule is CC(=O)OCC(O)COC1CCCCC1. The van der Waals surface area contributed by atoms with Crippen LogP contribution >= 0.6 is 0 Å². The molecular formula is C11H20O4. The molecule has 0 spiro atoms. The van der Waals surface area contributed by atoms with Gasteiger partial charge in [-0.2, -0.15) is 0 Å². The summed E-state index contributed by atoms with van der Waals surface area (Å²) in [5, 5.41) is 9.43. The van der Waals surface area contributed by atoms with Crippen molar-refractivity contribution in [3.63, 3.8) is 0 Å². The molecule has 0 saturated heterocycles. The topological polar surface area (TPSA) is 55.8 Å². The molecule has 1 atom stereocenters. The highest BCUT2D eigenvalue weighted by Gasteiger charge is 2.15. The van der Waals surface area contributed by atoms with E-state index in [0.29, 0.717) is 0 Å². The van der Waals surface area contributed by atoms with Crippen molar-refractivity contribution in [1.82, 2.24) is 0 Å². The summed E-state index contributed by atoms with van der Waals surface area (Å²) in [5.74, 6) is -0.369. The molecule has 4 heteroatoms. The summed E-state index contributed by atoms with van der Waals surface area (Å²) >= 11 is 0. The minimum absolute atomic E-state index is 0.0298. The Hall–Kier alpha value is -0.610. The molecule has 0 heterocycles. The number of aliphatic hydroxyl groups excluding tert-OH is 1. The summed E-state index contributed by atoms with van der Waals surface area (Å²) in [5.41, 5.74) is 0. The fraction of sp³-hybridized carbons (Fsp3) is 0.909. The number of ether oxygens (including phenoxy) is 2. The van der Waals surface area contributed by atoms with Crippen LogP contribution in [0.15, 0.2) is 0 Å². The predicted octanol–water partition coefficient (Wildman–Crippen LogP) is 1.26. The smallest absolute Gasteiger partial charge is 0.302 e. The Morgan fingerprint density at radius 2 is 2.00 bits per heavy atom. The Kier molecular flexibility index (Phi) is 5.65. The van der Waals surface area contributed by atoms with Crippen LogP contribution in [-0.4, -0.2) is 36.5 Å². The van der Waals surface area contributed by atoms with Crippen molar-refractivity contribution in [2.45, 2.75) is 51.2 Å². The van der Waals surface area contributed by atoms with E-state index in [1.54, 1.807) is 0 Å². The maximum atomic E-state index is 10.5. The average Bonchev–Trinajstić information content (AvgIpc) is 2.25. The van der Waals surface area contributed by atoms with Crippen LogP contribution in [-0.2, 0) is 14.3 Å². The van der Waals surface area contributed by atoms with Gasteiger partial charge in [-0.1, -0.05) is 19.3 Å². The number of aliphatic hydroxyl groups is 1. The van der Waals surface area contributed by atoms with Crippen molar-refractivity contribution in [1.29, 1.82) is 0 Å². The number of carbonyl (C=O) groups is 1. The van der Waals surface area contributed by atoms with Crippen molar-refractivity contribution in [3.05, 3.63) is 0 Å². The lowest BCUT2D eigenvalue weighted by Gasteiger charge is -2.23. The van der Waals surface area contributed by atoms with Crippen LogP contribution in [0.1, 0.15) is 39.0 Å². The van der Waals surface area contributed by atoms with Gasteiger partial charge in [0.05, 0.1) is 12.7 Å². The molecule has 1 aliphatic rings. The molecule has 1 fully saturated rings. The zero-order valence-corrected chi connectivity index (χ0v) is 9.28. The lowest BCUT2D eigenvalue weighted by molar-refractivity contribution is -0.145. The minimum Gasteiger partial charge on any atom is -0.463 e. The van der Waals surface area contributed by atoms with Crippen LogP contribution in [0, 0.1) is 0 Å². The highest BCUT2D eigenvalue weighted by atomic mass is 16.5. The Balaban J connectivity index is 2.04. The second-order valence-corrected chi connectivity index (χ2v) is 4.05. The number of hydrogen-bond donors (Lipinski definition) is 1. The van der Waals surface area contributed by atoms with Gasteiger partial charge in [0.25, 0.3) is 0 Å². The van der Waals surface area contributed by atoms with Crippen LogP contribution in [0.3, 0.4) is 0 Å². The van der Waals surface area contributed by atoms with Crippen molar-refractivity contribution in [3.8, 4) is 0 Å². The van der Waals surface area contributed by atoms with Crippen molar-refractivity contribution in [2.75, 3.05) is 13.2 Å². The summed E-state index contributed by atoms with van der Waals surface area (Å²) in [6, 6.07) is 0. The van der Waals surface area contributed by atoms with Gasteiger partial charge in [-0.05, 0) is 12.8 Å². The lowest BCUT2D eigenvalue weighted by Crippen LogP contribution is -2.27. The number of rotatable bonds is 5. The quantitative estimate of drug-likeness (QED) is 0.703. The second-order valence-electron chi connectivity index (χ2n) is 4.05. The fourth-order valence-corrected chi connectivity index (χ4v) is 1.74. The molecule has 0 aromatic carbocycles. The normalized spacial score (nSPS) is 19.9. The van der Waals surface area contributed by atoms with E-state index in [-0.39, 0.29) is 25.3 Å². The van der Waals surface area contributed by atoms with Crippen molar-refractivity contribution < 1.29 is 19.4 Å². The molecule has 1 rings (SSSR count). The maximum Gasteiger partial charge on any atom is 0.302 e. The zero-order valence-electron chi connectivity index (χ0n) is 9.28. The van der Waals surface area contributed by atoms with E-state index >= 15 is 0 Å². The Labute approximate surface area is 90.6 Å². The van der Waals surface area contributed by atoms with Gasteiger partial charge < -0.3 is 14.6 Å². The van der Waals surface area contributed by atoms with Crippen LogP contribution in [0.2, 0.25) is 0 Å². The molecule has 0 radical (unpaired) electrons. The van der Waals surface area contributed by atoms with Gasteiger partial charge in [-0.25, -0.2) is 0 Å². The third-order valence-corrected chi connectivity index (χ3v) is 2.56. The summed E-state index contributed by atoms with van der Waals surface area (Å²) in [7, 11) is 0.